The Balaban J connectivity index is 4.15. The van der Waals surface area contributed by atoms with Gasteiger partial charge in [0.25, 0.3) is 0 Å². The van der Waals surface area contributed by atoms with Crippen LogP contribution in [-0.2, 0) is 9.53 Å². The highest BCUT2D eigenvalue weighted by atomic mass is 16.5. The van der Waals surface area contributed by atoms with Gasteiger partial charge in [-0.1, -0.05) is 6.08 Å². The van der Waals surface area contributed by atoms with Gasteiger partial charge < -0.3 is 9.64 Å². The fourth-order valence-corrected chi connectivity index (χ4v) is 1.05. The van der Waals surface area contributed by atoms with Crippen molar-refractivity contribution < 1.29 is 9.53 Å². The highest BCUT2D eigenvalue weighted by Crippen LogP contribution is 1.99. The van der Waals surface area contributed by atoms with Crippen molar-refractivity contribution >= 4 is 5.91 Å². The first-order valence-corrected chi connectivity index (χ1v) is 4.55. The van der Waals surface area contributed by atoms with E-state index < -0.39 is 0 Å². The molecule has 0 aromatic carbocycles. The zero-order chi connectivity index (χ0) is 10.3. The maximum Gasteiger partial charge on any atom is 0.246 e. The number of hydrogen-bond donors (Lipinski definition) is 0. The Morgan fingerprint density at radius 3 is 2.54 bits per heavy atom. The van der Waals surface area contributed by atoms with Crippen LogP contribution in [0.4, 0.5) is 0 Å². The summed E-state index contributed by atoms with van der Waals surface area (Å²) in [4.78, 5) is 13.3. The van der Waals surface area contributed by atoms with Crippen LogP contribution in [0.25, 0.3) is 0 Å². The van der Waals surface area contributed by atoms with E-state index in [9.17, 15) is 4.79 Å². The quantitative estimate of drug-likeness (QED) is 0.607. The Morgan fingerprint density at radius 2 is 2.15 bits per heavy atom. The maximum atomic E-state index is 11.5. The summed E-state index contributed by atoms with van der Waals surface area (Å²) in [5.74, 6) is 0.0505. The molecule has 0 N–H and O–H groups in total. The number of allylic oxidation sites excluding steroid dienone is 1. The van der Waals surface area contributed by atoms with Crippen molar-refractivity contribution in [1.82, 2.24) is 4.90 Å². The van der Waals surface area contributed by atoms with E-state index in [2.05, 4.69) is 0 Å². The van der Waals surface area contributed by atoms with Gasteiger partial charge in [-0.05, 0) is 26.8 Å². The van der Waals surface area contributed by atoms with Gasteiger partial charge >= 0.3 is 0 Å². The first-order valence-electron chi connectivity index (χ1n) is 4.55. The highest BCUT2D eigenvalue weighted by Gasteiger charge is 2.12. The molecule has 0 aliphatic rings. The molecule has 0 fully saturated rings. The van der Waals surface area contributed by atoms with Crippen molar-refractivity contribution in [2.75, 3.05) is 20.3 Å². The Bertz CT molecular complexity index is 176. The van der Waals surface area contributed by atoms with E-state index in [-0.39, 0.29) is 11.9 Å². The van der Waals surface area contributed by atoms with E-state index in [1.807, 2.05) is 20.8 Å². The van der Waals surface area contributed by atoms with Crippen LogP contribution >= 0.6 is 0 Å². The monoisotopic (exact) mass is 185 g/mol. The molecule has 0 saturated carbocycles. The van der Waals surface area contributed by atoms with Gasteiger partial charge in [0.05, 0.1) is 6.61 Å². The topological polar surface area (TPSA) is 29.5 Å². The molecular formula is C10H19NO2. The molecule has 0 bridgehead atoms. The van der Waals surface area contributed by atoms with Crippen molar-refractivity contribution in [2.45, 2.75) is 26.8 Å². The lowest BCUT2D eigenvalue weighted by Crippen LogP contribution is -2.38. The molecule has 0 heterocycles. The van der Waals surface area contributed by atoms with Gasteiger partial charge in [0, 0.05) is 19.7 Å². The highest BCUT2D eigenvalue weighted by molar-refractivity contribution is 5.87. The third-order valence-corrected chi connectivity index (χ3v) is 1.75. The summed E-state index contributed by atoms with van der Waals surface area (Å²) < 4.78 is 4.93. The van der Waals surface area contributed by atoms with Crippen LogP contribution < -0.4 is 0 Å². The lowest BCUT2D eigenvalue weighted by Gasteiger charge is -2.24. The molecule has 76 valence electrons. The van der Waals surface area contributed by atoms with E-state index in [1.165, 1.54) is 0 Å². The summed E-state index contributed by atoms with van der Waals surface area (Å²) >= 11 is 0. The fourth-order valence-electron chi connectivity index (χ4n) is 1.05. The Hall–Kier alpha value is -0.830. The number of rotatable bonds is 5. The Kier molecular flexibility index (Phi) is 6.24. The summed E-state index contributed by atoms with van der Waals surface area (Å²) in [6.45, 7) is 7.07. The fraction of sp³-hybridized carbons (Fsp3) is 0.700. The summed E-state index contributed by atoms with van der Waals surface area (Å²) in [7, 11) is 1.64. The molecular weight excluding hydrogens is 166 g/mol. The predicted molar refractivity (Wildman–Crippen MR) is 53.5 cm³/mol. The molecule has 1 amide bonds. The van der Waals surface area contributed by atoms with Gasteiger partial charge in [-0.2, -0.15) is 0 Å². The first-order chi connectivity index (χ1) is 6.13. The van der Waals surface area contributed by atoms with Gasteiger partial charge in [-0.25, -0.2) is 0 Å². The molecule has 0 aromatic heterocycles. The molecule has 3 heteroatoms. The summed E-state index contributed by atoms with van der Waals surface area (Å²) in [5, 5.41) is 0. The van der Waals surface area contributed by atoms with Gasteiger partial charge in [0.1, 0.15) is 0 Å². The van der Waals surface area contributed by atoms with Crippen LogP contribution in [0.5, 0.6) is 0 Å². The second kappa shape index (κ2) is 6.66. The Labute approximate surface area is 80.4 Å². The van der Waals surface area contributed by atoms with Gasteiger partial charge in [-0.3, -0.25) is 4.79 Å². The largest absolute Gasteiger partial charge is 0.383 e. The lowest BCUT2D eigenvalue weighted by atomic mass is 10.3. The molecule has 0 aliphatic carbocycles. The van der Waals surface area contributed by atoms with Gasteiger partial charge in [0.15, 0.2) is 0 Å². The minimum atomic E-state index is 0.0505. The first kappa shape index (κ1) is 12.2. The second-order valence-electron chi connectivity index (χ2n) is 3.12. The number of methoxy groups -OCH3 is 1. The van der Waals surface area contributed by atoms with Crippen molar-refractivity contribution in [1.29, 1.82) is 0 Å². The van der Waals surface area contributed by atoms with Crippen molar-refractivity contribution in [3.05, 3.63) is 12.2 Å². The Morgan fingerprint density at radius 1 is 1.54 bits per heavy atom. The predicted octanol–water partition coefficient (Wildman–Crippen LogP) is 1.45. The SMILES string of the molecule is C/C=C/C(=O)N(CCOC)C(C)C. The van der Waals surface area contributed by atoms with Crippen molar-refractivity contribution in [3.63, 3.8) is 0 Å². The summed E-state index contributed by atoms with van der Waals surface area (Å²) in [6, 6.07) is 0.221. The molecule has 0 unspecified atom stereocenters. The average Bonchev–Trinajstić information content (AvgIpc) is 2.05. The van der Waals surface area contributed by atoms with Crippen LogP contribution in [0.1, 0.15) is 20.8 Å². The van der Waals surface area contributed by atoms with Crippen molar-refractivity contribution in [3.8, 4) is 0 Å². The minimum absolute atomic E-state index is 0.0505. The van der Waals surface area contributed by atoms with Crippen LogP contribution in [0.3, 0.4) is 0 Å². The number of nitrogens with zero attached hydrogens (tertiary/aromatic N) is 1. The standard InChI is InChI=1S/C10H19NO2/c1-5-6-10(12)11(9(2)3)7-8-13-4/h5-6,9H,7-8H2,1-4H3/b6-5+. The van der Waals surface area contributed by atoms with Crippen molar-refractivity contribution in [2.24, 2.45) is 0 Å². The summed E-state index contributed by atoms with van der Waals surface area (Å²) in [6.07, 6.45) is 3.33. The molecule has 0 radical (unpaired) electrons. The molecule has 0 aromatic rings. The normalized spacial score (nSPS) is 11.2. The van der Waals surface area contributed by atoms with Gasteiger partial charge in [0.2, 0.25) is 5.91 Å². The van der Waals surface area contributed by atoms with E-state index in [4.69, 9.17) is 4.74 Å². The number of ether oxygens (including phenoxy) is 1. The molecule has 0 rings (SSSR count). The van der Waals surface area contributed by atoms with E-state index in [0.717, 1.165) is 0 Å². The number of carbonyl (C=O) groups is 1. The molecule has 0 saturated heterocycles. The molecule has 0 aliphatic heterocycles. The lowest BCUT2D eigenvalue weighted by molar-refractivity contribution is -0.128. The zero-order valence-electron chi connectivity index (χ0n) is 8.91. The van der Waals surface area contributed by atoms with E-state index in [0.29, 0.717) is 13.2 Å². The number of amides is 1. The molecule has 0 spiro atoms. The third kappa shape index (κ3) is 4.68. The van der Waals surface area contributed by atoms with E-state index >= 15 is 0 Å². The number of hydrogen-bond acceptors (Lipinski definition) is 2. The maximum absolute atomic E-state index is 11.5. The zero-order valence-corrected chi connectivity index (χ0v) is 8.91. The third-order valence-electron chi connectivity index (χ3n) is 1.75. The molecule has 3 nitrogen and oxygen atoms in total. The van der Waals surface area contributed by atoms with E-state index in [1.54, 1.807) is 24.2 Å². The second-order valence-corrected chi connectivity index (χ2v) is 3.12. The average molecular weight is 185 g/mol. The summed E-state index contributed by atoms with van der Waals surface area (Å²) in [5.41, 5.74) is 0. The molecule has 0 atom stereocenters. The van der Waals surface area contributed by atoms with Crippen LogP contribution in [0.2, 0.25) is 0 Å². The van der Waals surface area contributed by atoms with Crippen LogP contribution in [0, 0.1) is 0 Å². The smallest absolute Gasteiger partial charge is 0.246 e. The van der Waals surface area contributed by atoms with Crippen LogP contribution in [-0.4, -0.2) is 37.1 Å². The van der Waals surface area contributed by atoms with Gasteiger partial charge in [-0.15, -0.1) is 0 Å². The molecule has 13 heavy (non-hydrogen) atoms. The number of carbonyl (C=O) groups excluding carboxylic acids is 1. The van der Waals surface area contributed by atoms with Crippen LogP contribution in [0.15, 0.2) is 12.2 Å². The minimum Gasteiger partial charge on any atom is -0.383 e.